The largest absolute Gasteiger partial charge is 0.484 e. The minimum Gasteiger partial charge on any atom is -0.484 e. The van der Waals surface area contributed by atoms with Crippen LogP contribution in [0.1, 0.15) is 10.4 Å². The molecule has 0 unspecified atom stereocenters. The van der Waals surface area contributed by atoms with Gasteiger partial charge < -0.3 is 14.8 Å². The van der Waals surface area contributed by atoms with Crippen molar-refractivity contribution in [1.82, 2.24) is 0 Å². The molecule has 7 heteroatoms. The third-order valence-electron chi connectivity index (χ3n) is 2.87. The first-order valence-corrected chi connectivity index (χ1v) is 6.56. The van der Waals surface area contributed by atoms with Crippen LogP contribution in [0.15, 0.2) is 42.5 Å². The molecule has 0 saturated heterocycles. The van der Waals surface area contributed by atoms with Gasteiger partial charge >= 0.3 is 5.97 Å². The predicted molar refractivity (Wildman–Crippen MR) is 78.3 cm³/mol. The molecule has 1 N–H and O–H groups in total. The molecule has 2 aromatic carbocycles. The zero-order valence-corrected chi connectivity index (χ0v) is 12.1. The highest BCUT2D eigenvalue weighted by molar-refractivity contribution is 6.01. The van der Waals surface area contributed by atoms with Gasteiger partial charge in [0.1, 0.15) is 5.75 Å². The molecule has 0 aromatic heterocycles. The normalized spacial score (nSPS) is 10.0. The van der Waals surface area contributed by atoms with Crippen molar-refractivity contribution >= 4 is 17.6 Å². The van der Waals surface area contributed by atoms with Gasteiger partial charge in [-0.1, -0.05) is 12.1 Å². The first-order valence-electron chi connectivity index (χ1n) is 6.56. The number of nitrogens with one attached hydrogen (secondary N) is 1. The smallest absolute Gasteiger partial charge is 0.339 e. The summed E-state index contributed by atoms with van der Waals surface area (Å²) in [6.45, 7) is -0.430. The van der Waals surface area contributed by atoms with Gasteiger partial charge in [0.25, 0.3) is 5.91 Å². The molecule has 0 aliphatic rings. The average molecular weight is 321 g/mol. The van der Waals surface area contributed by atoms with E-state index in [4.69, 9.17) is 4.74 Å². The summed E-state index contributed by atoms with van der Waals surface area (Å²) in [7, 11) is 1.23. The Balaban J connectivity index is 2.00. The predicted octanol–water partition coefficient (Wildman–Crippen LogP) is 2.77. The number of anilines is 1. The molecule has 0 aliphatic heterocycles. The van der Waals surface area contributed by atoms with Crippen molar-refractivity contribution in [2.45, 2.75) is 0 Å². The summed E-state index contributed by atoms with van der Waals surface area (Å²) in [5.41, 5.74) is 0.453. The van der Waals surface area contributed by atoms with Crippen LogP contribution in [0.5, 0.6) is 5.75 Å². The summed E-state index contributed by atoms with van der Waals surface area (Å²) in [5.74, 6) is -3.22. The molecule has 5 nitrogen and oxygen atoms in total. The number of halogens is 2. The zero-order valence-electron chi connectivity index (χ0n) is 12.1. The summed E-state index contributed by atoms with van der Waals surface area (Å²) in [5, 5.41) is 2.49. The van der Waals surface area contributed by atoms with E-state index in [1.807, 2.05) is 0 Å². The van der Waals surface area contributed by atoms with Crippen LogP contribution in [0.3, 0.4) is 0 Å². The van der Waals surface area contributed by atoms with Crippen LogP contribution >= 0.6 is 0 Å². The lowest BCUT2D eigenvalue weighted by atomic mass is 10.2. The van der Waals surface area contributed by atoms with E-state index in [9.17, 15) is 18.4 Å². The highest BCUT2D eigenvalue weighted by Gasteiger charge is 2.13. The van der Waals surface area contributed by atoms with Crippen molar-refractivity contribution in [3.63, 3.8) is 0 Å². The fraction of sp³-hybridized carbons (Fsp3) is 0.125. The molecule has 0 radical (unpaired) electrons. The number of methoxy groups -OCH3 is 1. The lowest BCUT2D eigenvalue weighted by Crippen LogP contribution is -2.21. The molecular formula is C16H13F2NO4. The Hall–Kier alpha value is -2.96. The number of carbonyl (C=O) groups is 2. The Morgan fingerprint density at radius 1 is 1.09 bits per heavy atom. The van der Waals surface area contributed by atoms with Gasteiger partial charge in [-0.2, -0.15) is 0 Å². The number of amides is 1. The molecule has 0 saturated carbocycles. The zero-order chi connectivity index (χ0) is 16.8. The van der Waals surface area contributed by atoms with Crippen molar-refractivity contribution in [2.24, 2.45) is 0 Å². The number of esters is 1. The highest BCUT2D eigenvalue weighted by atomic mass is 19.2. The Kier molecular flexibility index (Phi) is 5.24. The molecule has 120 valence electrons. The minimum absolute atomic E-state index is 0.0142. The van der Waals surface area contributed by atoms with E-state index in [-0.39, 0.29) is 17.0 Å². The molecule has 0 aliphatic carbocycles. The first-order chi connectivity index (χ1) is 11.0. The Labute approximate surface area is 130 Å². The number of hydrogen-bond donors (Lipinski definition) is 1. The van der Waals surface area contributed by atoms with E-state index in [0.29, 0.717) is 0 Å². The van der Waals surface area contributed by atoms with Gasteiger partial charge in [-0.15, -0.1) is 0 Å². The second kappa shape index (κ2) is 7.35. The maximum Gasteiger partial charge on any atom is 0.339 e. The molecule has 0 fully saturated rings. The number of rotatable bonds is 5. The van der Waals surface area contributed by atoms with Crippen LogP contribution in [0.2, 0.25) is 0 Å². The standard InChI is InChI=1S/C16H13F2NO4/c1-22-16(21)11-4-2-3-5-14(11)19-15(20)9-23-10-6-7-12(17)13(18)8-10/h2-8H,9H2,1H3,(H,19,20). The van der Waals surface area contributed by atoms with Crippen molar-refractivity contribution in [3.05, 3.63) is 59.7 Å². The average Bonchev–Trinajstić information content (AvgIpc) is 2.55. The van der Waals surface area contributed by atoms with E-state index in [1.165, 1.54) is 25.3 Å². The number of carbonyl (C=O) groups excluding carboxylic acids is 2. The fourth-order valence-electron chi connectivity index (χ4n) is 1.78. The van der Waals surface area contributed by atoms with Crippen molar-refractivity contribution in [2.75, 3.05) is 19.0 Å². The molecule has 0 spiro atoms. The van der Waals surface area contributed by atoms with Crippen LogP contribution < -0.4 is 10.1 Å². The van der Waals surface area contributed by atoms with Crippen LogP contribution in [-0.2, 0) is 9.53 Å². The summed E-state index contributed by atoms with van der Waals surface area (Å²) < 4.78 is 35.5. The van der Waals surface area contributed by atoms with Crippen LogP contribution in [0.25, 0.3) is 0 Å². The van der Waals surface area contributed by atoms with Gasteiger partial charge in [-0.3, -0.25) is 4.79 Å². The third-order valence-corrected chi connectivity index (χ3v) is 2.87. The van der Waals surface area contributed by atoms with Gasteiger partial charge in [0.05, 0.1) is 18.4 Å². The van der Waals surface area contributed by atoms with E-state index < -0.39 is 30.1 Å². The van der Waals surface area contributed by atoms with E-state index in [2.05, 4.69) is 10.1 Å². The molecule has 23 heavy (non-hydrogen) atoms. The summed E-state index contributed by atoms with van der Waals surface area (Å²) in [4.78, 5) is 23.4. The summed E-state index contributed by atoms with van der Waals surface area (Å²) in [6, 6.07) is 9.23. The minimum atomic E-state index is -1.07. The molecule has 2 rings (SSSR count). The van der Waals surface area contributed by atoms with E-state index in [0.717, 1.165) is 12.1 Å². The quantitative estimate of drug-likeness (QED) is 0.860. The van der Waals surface area contributed by atoms with Crippen molar-refractivity contribution < 1.29 is 27.8 Å². The highest BCUT2D eigenvalue weighted by Crippen LogP contribution is 2.17. The monoisotopic (exact) mass is 321 g/mol. The second-order valence-electron chi connectivity index (χ2n) is 4.45. The lowest BCUT2D eigenvalue weighted by molar-refractivity contribution is -0.118. The molecule has 2 aromatic rings. The number of ether oxygens (including phenoxy) is 2. The van der Waals surface area contributed by atoms with Gasteiger partial charge in [0.15, 0.2) is 18.2 Å². The van der Waals surface area contributed by atoms with Crippen LogP contribution in [-0.4, -0.2) is 25.6 Å². The van der Waals surface area contributed by atoms with Gasteiger partial charge in [0, 0.05) is 6.07 Å². The maximum absolute atomic E-state index is 13.0. The van der Waals surface area contributed by atoms with E-state index >= 15 is 0 Å². The summed E-state index contributed by atoms with van der Waals surface area (Å²) in [6.07, 6.45) is 0. The van der Waals surface area contributed by atoms with Gasteiger partial charge in [-0.05, 0) is 24.3 Å². The summed E-state index contributed by atoms with van der Waals surface area (Å²) >= 11 is 0. The topological polar surface area (TPSA) is 64.6 Å². The fourth-order valence-corrected chi connectivity index (χ4v) is 1.78. The van der Waals surface area contributed by atoms with Crippen molar-refractivity contribution in [1.29, 1.82) is 0 Å². The van der Waals surface area contributed by atoms with Gasteiger partial charge in [0.2, 0.25) is 0 Å². The van der Waals surface area contributed by atoms with E-state index in [1.54, 1.807) is 12.1 Å². The molecule has 0 atom stereocenters. The van der Waals surface area contributed by atoms with Crippen molar-refractivity contribution in [3.8, 4) is 5.75 Å². The first kappa shape index (κ1) is 16.4. The Morgan fingerprint density at radius 2 is 1.83 bits per heavy atom. The van der Waals surface area contributed by atoms with Crippen LogP contribution in [0.4, 0.5) is 14.5 Å². The van der Waals surface area contributed by atoms with Crippen LogP contribution in [0, 0.1) is 11.6 Å². The lowest BCUT2D eigenvalue weighted by Gasteiger charge is -2.10. The third kappa shape index (κ3) is 4.26. The number of hydrogen-bond acceptors (Lipinski definition) is 4. The Morgan fingerprint density at radius 3 is 2.52 bits per heavy atom. The maximum atomic E-state index is 13.0. The second-order valence-corrected chi connectivity index (χ2v) is 4.45. The Bertz CT molecular complexity index is 734. The number of para-hydroxylation sites is 1. The molecule has 0 bridgehead atoms. The molecular weight excluding hydrogens is 308 g/mol. The molecule has 1 amide bonds. The number of benzene rings is 2. The SMILES string of the molecule is COC(=O)c1ccccc1NC(=O)COc1ccc(F)c(F)c1. The van der Waals surface area contributed by atoms with Gasteiger partial charge in [-0.25, -0.2) is 13.6 Å². The molecule has 0 heterocycles.